The third-order valence-electron chi connectivity index (χ3n) is 8.20. The van der Waals surface area contributed by atoms with Crippen LogP contribution in [-0.4, -0.2) is 41.0 Å². The number of alkyl halides is 3. The van der Waals surface area contributed by atoms with Crippen LogP contribution in [0.15, 0.2) is 72.8 Å². The molecule has 0 radical (unpaired) electrons. The molecule has 1 aliphatic rings. The van der Waals surface area contributed by atoms with Gasteiger partial charge in [-0.2, -0.15) is 5.10 Å². The van der Waals surface area contributed by atoms with Crippen molar-refractivity contribution in [3.63, 3.8) is 0 Å². The second-order valence-electron chi connectivity index (χ2n) is 12.8. The van der Waals surface area contributed by atoms with Crippen molar-refractivity contribution in [1.82, 2.24) is 15.1 Å². The minimum Gasteiger partial charge on any atom is -0.404 e. The van der Waals surface area contributed by atoms with Crippen molar-refractivity contribution in [3.8, 4) is 11.4 Å². The van der Waals surface area contributed by atoms with E-state index in [-0.39, 0.29) is 22.6 Å². The number of ether oxygens (including phenoxy) is 1. The van der Waals surface area contributed by atoms with Crippen molar-refractivity contribution in [2.24, 2.45) is 5.92 Å². The quantitative estimate of drug-likeness (QED) is 0.115. The van der Waals surface area contributed by atoms with Crippen molar-refractivity contribution >= 4 is 29.0 Å². The van der Waals surface area contributed by atoms with Crippen LogP contribution in [0.25, 0.3) is 5.69 Å². The molecule has 5 rings (SSSR count). The normalized spacial score (nSPS) is 14.8. The number of hydrogen-bond acceptors (Lipinski definition) is 6. The predicted molar refractivity (Wildman–Crippen MR) is 176 cm³/mol. The van der Waals surface area contributed by atoms with E-state index in [0.717, 1.165) is 23.0 Å². The van der Waals surface area contributed by atoms with Gasteiger partial charge in [0, 0.05) is 22.7 Å². The summed E-state index contributed by atoms with van der Waals surface area (Å²) in [7, 11) is 0. The number of amides is 2. The molecule has 1 atom stereocenters. The number of carbonyl (C=O) groups excluding carboxylic acids is 2. The van der Waals surface area contributed by atoms with E-state index in [0.29, 0.717) is 43.0 Å². The number of para-hydroxylation sites is 1. The van der Waals surface area contributed by atoms with Crippen LogP contribution in [0.5, 0.6) is 5.75 Å². The Morgan fingerprint density at radius 1 is 0.979 bits per heavy atom. The van der Waals surface area contributed by atoms with E-state index in [4.69, 9.17) is 10.8 Å². The van der Waals surface area contributed by atoms with Crippen molar-refractivity contribution in [3.05, 3.63) is 95.2 Å². The molecule has 0 spiro atoms. The molecule has 248 valence electrons. The molecule has 12 heteroatoms. The molecule has 1 aliphatic heterocycles. The molecule has 5 N–H and O–H groups in total. The first-order chi connectivity index (χ1) is 22.2. The molecule has 1 saturated heterocycles. The summed E-state index contributed by atoms with van der Waals surface area (Å²) < 4.78 is 45.0. The summed E-state index contributed by atoms with van der Waals surface area (Å²) in [4.78, 5) is 27.8. The van der Waals surface area contributed by atoms with Crippen LogP contribution < -0.4 is 26.4 Å². The fourth-order valence-electron chi connectivity index (χ4n) is 5.74. The number of halogens is 3. The Morgan fingerprint density at radius 2 is 1.66 bits per heavy atom. The van der Waals surface area contributed by atoms with Crippen LogP contribution in [0.1, 0.15) is 66.7 Å². The number of ketones is 1. The van der Waals surface area contributed by atoms with E-state index in [1.54, 1.807) is 28.9 Å². The number of carbonyl (C=O) groups is 2. The first kappa shape index (κ1) is 33.5. The maximum Gasteiger partial charge on any atom is 0.573 e. The Bertz CT molecular complexity index is 1740. The summed E-state index contributed by atoms with van der Waals surface area (Å²) in [6.45, 7) is 9.44. The number of nitrogens with zero attached hydrogens (tertiary/aromatic N) is 2. The number of Topliss-reactive ketones (excluding diaryl/α,β-unsaturated/α-hetero) is 1. The molecule has 47 heavy (non-hydrogen) atoms. The van der Waals surface area contributed by atoms with Crippen molar-refractivity contribution in [1.29, 1.82) is 0 Å². The number of nitrogen functional groups attached to an aromatic ring is 1. The molecule has 3 aromatic carbocycles. The van der Waals surface area contributed by atoms with Gasteiger partial charge in [-0.05, 0) is 80.7 Å². The number of benzene rings is 3. The van der Waals surface area contributed by atoms with E-state index in [1.165, 1.54) is 12.1 Å². The number of aromatic nitrogens is 2. The zero-order valence-corrected chi connectivity index (χ0v) is 26.7. The molecule has 2 amide bonds. The van der Waals surface area contributed by atoms with Gasteiger partial charge >= 0.3 is 12.4 Å². The van der Waals surface area contributed by atoms with Gasteiger partial charge in [0.25, 0.3) is 0 Å². The number of aryl methyl sites for hydroxylation is 1. The number of anilines is 3. The monoisotopic (exact) mass is 648 g/mol. The average molecular weight is 649 g/mol. The average Bonchev–Trinajstić information content (AvgIpc) is 3.44. The summed E-state index contributed by atoms with van der Waals surface area (Å²) in [5.41, 5.74) is 8.84. The molecule has 9 nitrogen and oxygen atoms in total. The largest absolute Gasteiger partial charge is 0.573 e. The van der Waals surface area contributed by atoms with Gasteiger partial charge < -0.3 is 21.1 Å². The Hall–Kier alpha value is -4.84. The van der Waals surface area contributed by atoms with Gasteiger partial charge in [-0.1, -0.05) is 56.7 Å². The van der Waals surface area contributed by atoms with Gasteiger partial charge in [-0.3, -0.25) is 10.1 Å². The van der Waals surface area contributed by atoms with Crippen LogP contribution in [0.3, 0.4) is 0 Å². The summed E-state index contributed by atoms with van der Waals surface area (Å²) >= 11 is 0. The van der Waals surface area contributed by atoms with E-state index in [2.05, 4.69) is 20.7 Å². The lowest BCUT2D eigenvalue weighted by molar-refractivity contribution is -0.274. The van der Waals surface area contributed by atoms with Crippen LogP contribution in [0.4, 0.5) is 35.2 Å². The highest BCUT2D eigenvalue weighted by Crippen LogP contribution is 2.39. The van der Waals surface area contributed by atoms with E-state index in [9.17, 15) is 22.8 Å². The summed E-state index contributed by atoms with van der Waals surface area (Å²) in [6, 6.07) is 19.7. The Kier molecular flexibility index (Phi) is 9.62. The number of rotatable bonds is 8. The Labute approximate surface area is 271 Å². The fourth-order valence-corrected chi connectivity index (χ4v) is 5.74. The summed E-state index contributed by atoms with van der Waals surface area (Å²) in [5.74, 6) is -1.49. The van der Waals surface area contributed by atoms with Crippen LogP contribution in [0.2, 0.25) is 0 Å². The van der Waals surface area contributed by atoms with Crippen molar-refractivity contribution in [2.75, 3.05) is 29.5 Å². The number of hydrogen-bond donors (Lipinski definition) is 4. The zero-order valence-electron chi connectivity index (χ0n) is 26.7. The maximum absolute atomic E-state index is 14.2. The minimum absolute atomic E-state index is 0.0259. The van der Waals surface area contributed by atoms with E-state index >= 15 is 0 Å². The van der Waals surface area contributed by atoms with Crippen LogP contribution in [0, 0.1) is 12.8 Å². The number of nitrogens with two attached hydrogens (primary N) is 1. The van der Waals surface area contributed by atoms with Gasteiger partial charge in [-0.15, -0.1) is 13.2 Å². The van der Waals surface area contributed by atoms with E-state index < -0.39 is 29.8 Å². The standard InChI is InChI=1S/C35H39F3N6O3/c1-21-9-12-24(13-10-21)44-30(20-29(43-44)34(2,3)4)42-33(46)41-27-8-6-5-7-25(27)31(22-15-17-40-18-16-22)32(45)23-11-14-26(39)28(19-23)47-35(36,37)38/h5-14,19-20,22,31,40H,15-18,39H2,1-4H3,(H2,41,42,46). The number of piperidine rings is 1. The lowest BCUT2D eigenvalue weighted by Crippen LogP contribution is -2.34. The maximum atomic E-state index is 14.2. The molecule has 1 fully saturated rings. The van der Waals surface area contributed by atoms with Gasteiger partial charge in [0.05, 0.1) is 23.0 Å². The molecule has 4 aromatic rings. The second-order valence-corrected chi connectivity index (χ2v) is 12.8. The minimum atomic E-state index is -4.98. The third kappa shape index (κ3) is 8.12. The third-order valence-corrected chi connectivity index (χ3v) is 8.20. The number of nitrogens with one attached hydrogen (secondary N) is 3. The van der Waals surface area contributed by atoms with Gasteiger partial charge in [0.1, 0.15) is 5.82 Å². The van der Waals surface area contributed by atoms with Crippen LogP contribution >= 0.6 is 0 Å². The Morgan fingerprint density at radius 3 is 2.32 bits per heavy atom. The highest BCUT2D eigenvalue weighted by molar-refractivity contribution is 6.05. The first-order valence-corrected chi connectivity index (χ1v) is 15.4. The molecule has 0 bridgehead atoms. The lowest BCUT2D eigenvalue weighted by atomic mass is 9.75. The lowest BCUT2D eigenvalue weighted by Gasteiger charge is -2.31. The first-order valence-electron chi connectivity index (χ1n) is 15.4. The molecular weight excluding hydrogens is 609 g/mol. The van der Waals surface area contributed by atoms with Gasteiger partial charge in [0.2, 0.25) is 0 Å². The molecule has 0 saturated carbocycles. The highest BCUT2D eigenvalue weighted by atomic mass is 19.4. The highest BCUT2D eigenvalue weighted by Gasteiger charge is 2.36. The molecule has 2 heterocycles. The topological polar surface area (TPSA) is 123 Å². The molecule has 0 aliphatic carbocycles. The zero-order chi connectivity index (χ0) is 33.9. The predicted octanol–water partition coefficient (Wildman–Crippen LogP) is 7.57. The van der Waals surface area contributed by atoms with Crippen molar-refractivity contribution in [2.45, 2.75) is 58.2 Å². The molecular formula is C35H39F3N6O3. The summed E-state index contributed by atoms with van der Waals surface area (Å²) in [6.07, 6.45) is -3.66. The Balaban J connectivity index is 1.47. The van der Waals surface area contributed by atoms with Gasteiger partial charge in [-0.25, -0.2) is 9.48 Å². The smallest absolute Gasteiger partial charge is 0.404 e. The fraction of sp³-hybridized carbons (Fsp3) is 0.343. The number of urea groups is 1. The second kappa shape index (κ2) is 13.5. The van der Waals surface area contributed by atoms with Crippen molar-refractivity contribution < 1.29 is 27.5 Å². The molecule has 1 aromatic heterocycles. The van der Waals surface area contributed by atoms with Gasteiger partial charge in [0.15, 0.2) is 11.5 Å². The van der Waals surface area contributed by atoms with Crippen LogP contribution in [-0.2, 0) is 5.41 Å². The van der Waals surface area contributed by atoms with E-state index in [1.807, 2.05) is 58.0 Å². The SMILES string of the molecule is Cc1ccc(-n2nc(C(C)(C)C)cc2NC(=O)Nc2ccccc2C(C(=O)c2ccc(N)c(OC(F)(F)F)c2)C2CCNCC2)cc1. The summed E-state index contributed by atoms with van der Waals surface area (Å²) in [5, 5.41) is 13.9. The molecule has 1 unspecified atom stereocenters.